The number of carbonyl (C=O) groups is 1. The Hall–Kier alpha value is -0.870. The van der Waals surface area contributed by atoms with Crippen LogP contribution < -0.4 is 0 Å². The monoisotopic (exact) mass is 271 g/mol. The van der Waals surface area contributed by atoms with Gasteiger partial charge in [-0.05, 0) is 26.2 Å². The summed E-state index contributed by atoms with van der Waals surface area (Å²) in [5, 5.41) is 8.96. The lowest BCUT2D eigenvalue weighted by molar-refractivity contribution is -0.890. The van der Waals surface area contributed by atoms with Crippen molar-refractivity contribution in [1.29, 1.82) is 0 Å². The number of aliphatic hydroxyl groups is 1. The van der Waals surface area contributed by atoms with Crippen LogP contribution in [0.5, 0.6) is 0 Å². The molecule has 0 fully saturated rings. The van der Waals surface area contributed by atoms with Gasteiger partial charge in [-0.2, -0.15) is 0 Å². The Morgan fingerprint density at radius 1 is 1.26 bits per heavy atom. The summed E-state index contributed by atoms with van der Waals surface area (Å²) in [5.74, 6) is 0.226. The number of nitrogens with zero attached hydrogens (tertiary/aromatic N) is 2. The number of amides is 1. The van der Waals surface area contributed by atoms with Crippen molar-refractivity contribution in [2.24, 2.45) is 0 Å². The molecule has 0 aromatic heterocycles. The molecule has 0 saturated heterocycles. The second-order valence-electron chi connectivity index (χ2n) is 5.74. The Kier molecular flexibility index (Phi) is 9.53. The first-order valence-electron chi connectivity index (χ1n) is 7.21. The van der Waals surface area contributed by atoms with Crippen molar-refractivity contribution in [3.8, 4) is 0 Å². The summed E-state index contributed by atoms with van der Waals surface area (Å²) in [6.45, 7) is 4.56. The fourth-order valence-corrected chi connectivity index (χ4v) is 1.82. The topological polar surface area (TPSA) is 40.5 Å². The van der Waals surface area contributed by atoms with E-state index in [1.807, 2.05) is 18.9 Å². The summed E-state index contributed by atoms with van der Waals surface area (Å²) >= 11 is 0. The SMILES string of the molecule is C/C=C/CCCCC(=O)N(C)CC[N+](C)(C)CCO. The average molecular weight is 271 g/mol. The van der Waals surface area contributed by atoms with Crippen LogP contribution >= 0.6 is 0 Å². The van der Waals surface area contributed by atoms with Crippen molar-refractivity contribution in [2.45, 2.75) is 32.6 Å². The first-order valence-corrected chi connectivity index (χ1v) is 7.21. The molecule has 0 unspecified atom stereocenters. The summed E-state index contributed by atoms with van der Waals surface area (Å²) in [7, 11) is 6.02. The van der Waals surface area contributed by atoms with E-state index in [9.17, 15) is 4.79 Å². The van der Waals surface area contributed by atoms with Crippen molar-refractivity contribution < 1.29 is 14.4 Å². The van der Waals surface area contributed by atoms with Gasteiger partial charge in [0.05, 0.1) is 33.8 Å². The molecule has 1 amide bonds. The Morgan fingerprint density at radius 2 is 1.95 bits per heavy atom. The lowest BCUT2D eigenvalue weighted by atomic mass is 10.1. The van der Waals surface area contributed by atoms with Crippen molar-refractivity contribution >= 4 is 5.91 Å². The molecule has 0 spiro atoms. The Balaban J connectivity index is 3.81. The third-order valence-corrected chi connectivity index (χ3v) is 3.42. The second-order valence-corrected chi connectivity index (χ2v) is 5.74. The van der Waals surface area contributed by atoms with Gasteiger partial charge in [0.15, 0.2) is 0 Å². The number of allylic oxidation sites excluding steroid dienone is 2. The number of quaternary nitrogens is 1. The molecule has 112 valence electrons. The fourth-order valence-electron chi connectivity index (χ4n) is 1.82. The third kappa shape index (κ3) is 9.68. The fraction of sp³-hybridized carbons (Fsp3) is 0.800. The summed E-state index contributed by atoms with van der Waals surface area (Å²) in [6, 6.07) is 0. The van der Waals surface area contributed by atoms with E-state index in [4.69, 9.17) is 5.11 Å². The van der Waals surface area contributed by atoms with E-state index in [0.29, 0.717) is 6.42 Å². The molecule has 0 aromatic rings. The van der Waals surface area contributed by atoms with Crippen LogP contribution in [0.3, 0.4) is 0 Å². The van der Waals surface area contributed by atoms with Crippen LogP contribution in [0.15, 0.2) is 12.2 Å². The molecule has 1 N–H and O–H groups in total. The van der Waals surface area contributed by atoms with Gasteiger partial charge in [-0.1, -0.05) is 12.2 Å². The number of aliphatic hydroxyl groups excluding tert-OH is 1. The molecule has 4 heteroatoms. The van der Waals surface area contributed by atoms with Crippen molar-refractivity contribution in [2.75, 3.05) is 47.4 Å². The maximum atomic E-state index is 11.9. The molecule has 0 heterocycles. The highest BCUT2D eigenvalue weighted by Gasteiger charge is 2.16. The lowest BCUT2D eigenvalue weighted by Gasteiger charge is -2.31. The Bertz CT molecular complexity index is 275. The highest BCUT2D eigenvalue weighted by molar-refractivity contribution is 5.75. The van der Waals surface area contributed by atoms with E-state index >= 15 is 0 Å². The van der Waals surface area contributed by atoms with Crippen molar-refractivity contribution in [3.63, 3.8) is 0 Å². The number of carbonyl (C=O) groups excluding carboxylic acids is 1. The molecule has 0 atom stereocenters. The normalized spacial score (nSPS) is 12.1. The molecule has 0 bridgehead atoms. The van der Waals surface area contributed by atoms with Gasteiger partial charge in [-0.15, -0.1) is 0 Å². The van der Waals surface area contributed by atoms with Gasteiger partial charge in [0, 0.05) is 13.5 Å². The minimum atomic E-state index is 0.190. The summed E-state index contributed by atoms with van der Waals surface area (Å²) in [6.07, 6.45) is 7.94. The number of likely N-dealkylation sites (N-methyl/N-ethyl adjacent to an activating group) is 2. The largest absolute Gasteiger partial charge is 0.391 e. The Morgan fingerprint density at radius 3 is 2.53 bits per heavy atom. The van der Waals surface area contributed by atoms with Gasteiger partial charge in [-0.25, -0.2) is 0 Å². The van der Waals surface area contributed by atoms with E-state index in [2.05, 4.69) is 26.2 Å². The van der Waals surface area contributed by atoms with Gasteiger partial charge < -0.3 is 14.5 Å². The molecule has 0 radical (unpaired) electrons. The van der Waals surface area contributed by atoms with Gasteiger partial charge in [0.25, 0.3) is 0 Å². The molecule has 0 saturated carbocycles. The third-order valence-electron chi connectivity index (χ3n) is 3.42. The summed E-state index contributed by atoms with van der Waals surface area (Å²) < 4.78 is 0.745. The zero-order chi connectivity index (χ0) is 14.7. The van der Waals surface area contributed by atoms with Crippen molar-refractivity contribution in [1.82, 2.24) is 4.90 Å². The molecule has 0 aliphatic heterocycles. The molecule has 19 heavy (non-hydrogen) atoms. The van der Waals surface area contributed by atoms with E-state index in [0.717, 1.165) is 43.4 Å². The number of unbranched alkanes of at least 4 members (excludes halogenated alkanes) is 2. The minimum absolute atomic E-state index is 0.190. The minimum Gasteiger partial charge on any atom is -0.391 e. The summed E-state index contributed by atoms with van der Waals surface area (Å²) in [4.78, 5) is 13.7. The first kappa shape index (κ1) is 18.1. The standard InChI is InChI=1S/C15H31N2O2/c1-5-6-7-8-9-10-15(19)16(2)11-12-17(3,4)13-14-18/h5-6,18H,7-14H2,1-4H3/q+1/b6-5+. The highest BCUT2D eigenvalue weighted by atomic mass is 16.3. The summed E-state index contributed by atoms with van der Waals surface area (Å²) in [5.41, 5.74) is 0. The van der Waals surface area contributed by atoms with Crippen LogP contribution in [0.4, 0.5) is 0 Å². The maximum Gasteiger partial charge on any atom is 0.222 e. The smallest absolute Gasteiger partial charge is 0.222 e. The maximum absolute atomic E-state index is 11.9. The first-order chi connectivity index (χ1) is 8.93. The van der Waals surface area contributed by atoms with Crippen LogP contribution in [0.1, 0.15) is 32.6 Å². The van der Waals surface area contributed by atoms with Crippen LogP contribution in [-0.2, 0) is 4.79 Å². The van der Waals surface area contributed by atoms with E-state index in [1.165, 1.54) is 0 Å². The molecule has 0 aliphatic rings. The van der Waals surface area contributed by atoms with Crippen LogP contribution in [0.2, 0.25) is 0 Å². The molecule has 0 aliphatic carbocycles. The Labute approximate surface area is 118 Å². The number of rotatable bonds is 10. The zero-order valence-electron chi connectivity index (χ0n) is 13.1. The predicted molar refractivity (Wildman–Crippen MR) is 79.8 cm³/mol. The molecular weight excluding hydrogens is 240 g/mol. The zero-order valence-corrected chi connectivity index (χ0v) is 13.1. The molecule has 4 nitrogen and oxygen atoms in total. The van der Waals surface area contributed by atoms with Gasteiger partial charge >= 0.3 is 0 Å². The van der Waals surface area contributed by atoms with Crippen molar-refractivity contribution in [3.05, 3.63) is 12.2 Å². The van der Waals surface area contributed by atoms with Crippen LogP contribution in [0.25, 0.3) is 0 Å². The van der Waals surface area contributed by atoms with Crippen LogP contribution in [-0.4, -0.2) is 67.8 Å². The lowest BCUT2D eigenvalue weighted by Crippen LogP contribution is -2.47. The molecular formula is C15H31N2O2+. The van der Waals surface area contributed by atoms with Gasteiger partial charge in [0.2, 0.25) is 5.91 Å². The number of hydrogen-bond donors (Lipinski definition) is 1. The van der Waals surface area contributed by atoms with E-state index < -0.39 is 0 Å². The molecule has 0 aromatic carbocycles. The predicted octanol–water partition coefficient (Wildman–Crippen LogP) is 1.65. The van der Waals surface area contributed by atoms with Crippen LogP contribution in [0, 0.1) is 0 Å². The van der Waals surface area contributed by atoms with E-state index in [1.54, 1.807) is 0 Å². The van der Waals surface area contributed by atoms with Gasteiger partial charge in [0.1, 0.15) is 6.54 Å². The quantitative estimate of drug-likeness (QED) is 0.373. The molecule has 0 rings (SSSR count). The van der Waals surface area contributed by atoms with Gasteiger partial charge in [-0.3, -0.25) is 4.79 Å². The number of hydrogen-bond acceptors (Lipinski definition) is 2. The average Bonchev–Trinajstić information content (AvgIpc) is 2.35. The second kappa shape index (κ2) is 9.98. The highest BCUT2D eigenvalue weighted by Crippen LogP contribution is 2.04. The van der Waals surface area contributed by atoms with E-state index in [-0.39, 0.29) is 12.5 Å².